The highest BCUT2D eigenvalue weighted by atomic mass is 32.1. The number of amides is 1. The van der Waals surface area contributed by atoms with Crippen LogP contribution in [0.1, 0.15) is 12.0 Å². The number of thiazole rings is 1. The van der Waals surface area contributed by atoms with E-state index in [-0.39, 0.29) is 5.91 Å². The van der Waals surface area contributed by atoms with Gasteiger partial charge in [0.25, 0.3) is 0 Å². The van der Waals surface area contributed by atoms with E-state index in [4.69, 9.17) is 0 Å². The molecule has 1 N–H and O–H groups in total. The maximum Gasteiger partial charge on any atom is 0.231 e. The molecule has 2 atom stereocenters. The Morgan fingerprint density at radius 1 is 1.31 bits per heavy atom. The Bertz CT molecular complexity index is 1160. The number of rotatable bonds is 3. The van der Waals surface area contributed by atoms with Crippen LogP contribution in [0.4, 0.5) is 10.2 Å². The summed E-state index contributed by atoms with van der Waals surface area (Å²) in [7, 11) is 0. The molecule has 0 saturated heterocycles. The average Bonchev–Trinajstić information content (AvgIpc) is 3.03. The van der Waals surface area contributed by atoms with E-state index in [9.17, 15) is 9.18 Å². The highest BCUT2D eigenvalue weighted by Gasteiger charge is 2.43. The minimum atomic E-state index is -1.01. The fraction of sp³-hybridized carbons (Fsp3) is 0.211. The van der Waals surface area contributed by atoms with Crippen molar-refractivity contribution in [3.8, 4) is 11.1 Å². The predicted octanol–water partition coefficient (Wildman–Crippen LogP) is 4.22. The number of carbonyl (C=O) groups is 1. The van der Waals surface area contributed by atoms with Gasteiger partial charge in [-0.2, -0.15) is 0 Å². The molecule has 1 aliphatic carbocycles. The second-order valence-electron chi connectivity index (χ2n) is 6.60. The van der Waals surface area contributed by atoms with E-state index in [0.717, 1.165) is 22.3 Å². The van der Waals surface area contributed by atoms with Crippen molar-refractivity contribution in [2.45, 2.75) is 19.5 Å². The van der Waals surface area contributed by atoms with Crippen molar-refractivity contribution in [3.05, 3.63) is 47.7 Å². The molecule has 1 fully saturated rings. The molecule has 0 bridgehead atoms. The minimum absolute atomic E-state index is 0.298. The molecular formula is C19H15FN4OS. The van der Waals surface area contributed by atoms with E-state index in [1.165, 1.54) is 10.3 Å². The summed E-state index contributed by atoms with van der Waals surface area (Å²) >= 11 is 1.64. The lowest BCUT2D eigenvalue weighted by Gasteiger charge is -2.07. The van der Waals surface area contributed by atoms with Crippen LogP contribution < -0.4 is 5.32 Å². The zero-order valence-corrected chi connectivity index (χ0v) is 14.8. The van der Waals surface area contributed by atoms with Crippen LogP contribution in [0.2, 0.25) is 0 Å². The molecular weight excluding hydrogens is 351 g/mol. The molecule has 5 rings (SSSR count). The van der Waals surface area contributed by atoms with Gasteiger partial charge >= 0.3 is 0 Å². The maximum absolute atomic E-state index is 13.0. The number of imidazole rings is 1. The van der Waals surface area contributed by atoms with Crippen LogP contribution in [-0.2, 0) is 4.79 Å². The highest BCUT2D eigenvalue weighted by Crippen LogP contribution is 2.35. The van der Waals surface area contributed by atoms with Crippen molar-refractivity contribution in [1.29, 1.82) is 0 Å². The topological polar surface area (TPSA) is 59.3 Å². The largest absolute Gasteiger partial charge is 0.309 e. The first-order valence-electron chi connectivity index (χ1n) is 8.37. The van der Waals surface area contributed by atoms with Gasteiger partial charge in [-0.15, -0.1) is 11.3 Å². The Morgan fingerprint density at radius 3 is 2.96 bits per heavy atom. The van der Waals surface area contributed by atoms with Crippen molar-refractivity contribution in [2.75, 3.05) is 5.32 Å². The summed E-state index contributed by atoms with van der Waals surface area (Å²) < 4.78 is 16.1. The first-order chi connectivity index (χ1) is 12.6. The summed E-state index contributed by atoms with van der Waals surface area (Å²) in [6.07, 6.45) is 3.04. The molecule has 1 saturated carbocycles. The van der Waals surface area contributed by atoms with E-state index < -0.39 is 12.1 Å². The number of alkyl halides is 1. The normalized spacial score (nSPS) is 19.2. The number of carbonyl (C=O) groups excluding carboxylic acids is 1. The van der Waals surface area contributed by atoms with Gasteiger partial charge in [0, 0.05) is 6.20 Å². The van der Waals surface area contributed by atoms with Gasteiger partial charge in [0.2, 0.25) is 5.91 Å². The van der Waals surface area contributed by atoms with Crippen LogP contribution >= 0.6 is 11.3 Å². The lowest BCUT2D eigenvalue weighted by atomic mass is 10.0. The molecule has 1 aliphatic rings. The van der Waals surface area contributed by atoms with E-state index in [2.05, 4.69) is 28.3 Å². The lowest BCUT2D eigenvalue weighted by molar-refractivity contribution is -0.117. The molecule has 130 valence electrons. The summed E-state index contributed by atoms with van der Waals surface area (Å²) in [5, 5.41) is 2.70. The smallest absolute Gasteiger partial charge is 0.231 e. The van der Waals surface area contributed by atoms with Crippen molar-refractivity contribution in [2.24, 2.45) is 5.92 Å². The molecule has 0 spiro atoms. The second-order valence-corrected chi connectivity index (χ2v) is 7.45. The van der Waals surface area contributed by atoms with Gasteiger partial charge in [-0.25, -0.2) is 14.4 Å². The number of nitrogens with one attached hydrogen (secondary N) is 1. The fourth-order valence-electron chi connectivity index (χ4n) is 3.24. The monoisotopic (exact) mass is 366 g/mol. The molecule has 0 radical (unpaired) electrons. The SMILES string of the molecule is Cc1c(-c2ccc3nc(NC(=O)C4CC4F)cn3c2)ccc2ncsc12. The van der Waals surface area contributed by atoms with Crippen molar-refractivity contribution >= 4 is 38.9 Å². The molecule has 1 aromatic carbocycles. The predicted molar refractivity (Wildman–Crippen MR) is 100 cm³/mol. The van der Waals surface area contributed by atoms with E-state index in [1.54, 1.807) is 17.5 Å². The molecule has 7 heteroatoms. The van der Waals surface area contributed by atoms with Gasteiger partial charge in [-0.1, -0.05) is 6.07 Å². The number of nitrogens with zero attached hydrogens (tertiary/aromatic N) is 3. The third-order valence-corrected chi connectivity index (χ3v) is 5.77. The van der Waals surface area contributed by atoms with Crippen LogP contribution in [0.3, 0.4) is 0 Å². The Kier molecular flexibility index (Phi) is 3.33. The summed E-state index contributed by atoms with van der Waals surface area (Å²) in [4.78, 5) is 20.6. The number of aromatic nitrogens is 3. The highest BCUT2D eigenvalue weighted by molar-refractivity contribution is 7.17. The Morgan fingerprint density at radius 2 is 2.15 bits per heavy atom. The lowest BCUT2D eigenvalue weighted by Crippen LogP contribution is -2.15. The van der Waals surface area contributed by atoms with Gasteiger partial charge in [0.1, 0.15) is 11.8 Å². The number of hydrogen-bond donors (Lipinski definition) is 1. The van der Waals surface area contributed by atoms with Gasteiger partial charge in [0.05, 0.1) is 27.8 Å². The third-order valence-electron chi connectivity index (χ3n) is 4.81. The number of benzene rings is 1. The van der Waals surface area contributed by atoms with E-state index in [1.807, 2.05) is 34.3 Å². The van der Waals surface area contributed by atoms with Crippen molar-refractivity contribution in [1.82, 2.24) is 14.4 Å². The summed E-state index contributed by atoms with van der Waals surface area (Å²) in [5.41, 5.74) is 7.00. The number of aryl methyl sites for hydroxylation is 1. The first kappa shape index (κ1) is 15.5. The zero-order chi connectivity index (χ0) is 17.8. The number of hydrogen-bond acceptors (Lipinski definition) is 4. The van der Waals surface area contributed by atoms with Crippen LogP contribution in [0.25, 0.3) is 27.0 Å². The average molecular weight is 366 g/mol. The molecule has 5 nitrogen and oxygen atoms in total. The zero-order valence-electron chi connectivity index (χ0n) is 13.9. The maximum atomic E-state index is 13.0. The number of pyridine rings is 1. The fourth-order valence-corrected chi connectivity index (χ4v) is 4.04. The standard InChI is InChI=1S/C19H15FN4OS/c1-10-12(3-4-15-18(10)26-9-21-15)11-2-5-17-22-16(8-24(17)7-11)23-19(25)13-6-14(13)20/h2-5,7-9,13-14H,6H2,1H3,(H,23,25). The quantitative estimate of drug-likeness (QED) is 0.591. The molecule has 2 unspecified atom stereocenters. The first-order valence-corrected chi connectivity index (χ1v) is 9.25. The summed E-state index contributed by atoms with van der Waals surface area (Å²) in [5.74, 6) is -0.377. The van der Waals surface area contributed by atoms with Crippen LogP contribution in [-0.4, -0.2) is 26.4 Å². The second kappa shape index (κ2) is 5.60. The van der Waals surface area contributed by atoms with Crippen LogP contribution in [0, 0.1) is 12.8 Å². The van der Waals surface area contributed by atoms with Crippen molar-refractivity contribution in [3.63, 3.8) is 0 Å². The van der Waals surface area contributed by atoms with Gasteiger partial charge in [-0.05, 0) is 48.2 Å². The molecule has 3 heterocycles. The Labute approximate surface area is 152 Å². The van der Waals surface area contributed by atoms with E-state index >= 15 is 0 Å². The molecule has 0 aliphatic heterocycles. The number of halogens is 1. The Hall–Kier alpha value is -2.80. The van der Waals surface area contributed by atoms with Gasteiger partial charge in [-0.3, -0.25) is 4.79 Å². The summed E-state index contributed by atoms with van der Waals surface area (Å²) in [6.45, 7) is 2.10. The van der Waals surface area contributed by atoms with Gasteiger partial charge in [0.15, 0.2) is 5.82 Å². The molecule has 4 aromatic rings. The molecule has 1 amide bonds. The minimum Gasteiger partial charge on any atom is -0.309 e. The molecule has 3 aromatic heterocycles. The number of fused-ring (bicyclic) bond motifs is 2. The number of anilines is 1. The third kappa shape index (κ3) is 2.47. The van der Waals surface area contributed by atoms with Crippen LogP contribution in [0.5, 0.6) is 0 Å². The van der Waals surface area contributed by atoms with E-state index in [0.29, 0.717) is 12.2 Å². The Balaban J connectivity index is 1.50. The van der Waals surface area contributed by atoms with Gasteiger partial charge < -0.3 is 9.72 Å². The summed E-state index contributed by atoms with van der Waals surface area (Å²) in [6, 6.07) is 8.03. The van der Waals surface area contributed by atoms with Crippen LogP contribution in [0.15, 0.2) is 42.2 Å². The van der Waals surface area contributed by atoms with Crippen molar-refractivity contribution < 1.29 is 9.18 Å². The molecule has 26 heavy (non-hydrogen) atoms.